The maximum Gasteiger partial charge on any atom is 0.238 e. The second-order valence-electron chi connectivity index (χ2n) is 11.6. The number of fused-ring (bicyclic) bond motifs is 1. The number of nitrogens with zero attached hydrogens (tertiary/aromatic N) is 1. The number of para-hydroxylation sites is 2. The number of hydrogen-bond donors (Lipinski definition) is 4. The lowest BCUT2D eigenvalue weighted by atomic mass is 9.68. The van der Waals surface area contributed by atoms with Crippen LogP contribution in [0.3, 0.4) is 0 Å². The minimum atomic E-state index is -0.858. The number of phenols is 1. The number of carbonyl (C=O) groups excluding carboxylic acids is 2. The van der Waals surface area contributed by atoms with Crippen LogP contribution in [0.4, 0.5) is 17.1 Å². The number of allylic oxidation sites excluding steroid dienone is 2. The summed E-state index contributed by atoms with van der Waals surface area (Å²) in [7, 11) is 0. The van der Waals surface area contributed by atoms with Crippen molar-refractivity contribution in [3.8, 4) is 5.75 Å². The third kappa shape index (κ3) is 6.43. The van der Waals surface area contributed by atoms with Crippen molar-refractivity contribution in [3.05, 3.63) is 101 Å². The highest BCUT2D eigenvalue weighted by Gasteiger charge is 2.54. The Balaban J connectivity index is 1.32. The van der Waals surface area contributed by atoms with E-state index >= 15 is 0 Å². The highest BCUT2D eigenvalue weighted by molar-refractivity contribution is 6.22. The van der Waals surface area contributed by atoms with Crippen LogP contribution < -0.4 is 10.2 Å². The van der Waals surface area contributed by atoms with Gasteiger partial charge in [-0.05, 0) is 80.6 Å². The molecule has 43 heavy (non-hydrogen) atoms. The van der Waals surface area contributed by atoms with Crippen LogP contribution in [0.2, 0.25) is 0 Å². The smallest absolute Gasteiger partial charge is 0.238 e. The minimum absolute atomic E-state index is 0.213. The third-order valence-electron chi connectivity index (χ3n) is 8.68. The van der Waals surface area contributed by atoms with Crippen molar-refractivity contribution in [1.82, 2.24) is 0 Å². The van der Waals surface area contributed by atoms with E-state index in [4.69, 9.17) is 0 Å². The number of phenolic OH excluding ortho intramolecular Hbond substituents is 1. The zero-order chi connectivity index (χ0) is 30.5. The molecular formula is C36H40N2O5. The van der Waals surface area contributed by atoms with Gasteiger partial charge in [0.05, 0.1) is 30.2 Å². The molecule has 0 bridgehead atoms. The fourth-order valence-electron chi connectivity index (χ4n) is 6.65. The largest absolute Gasteiger partial charge is 0.507 e. The van der Waals surface area contributed by atoms with Gasteiger partial charge in [-0.25, -0.2) is 0 Å². The average molecular weight is 581 g/mol. The first kappa shape index (κ1) is 30.3. The molecule has 0 aromatic heterocycles. The maximum absolute atomic E-state index is 13.8. The van der Waals surface area contributed by atoms with Crippen molar-refractivity contribution in [2.75, 3.05) is 16.8 Å². The van der Waals surface area contributed by atoms with Crippen molar-refractivity contribution >= 4 is 35.0 Å². The molecule has 2 amide bonds. The monoisotopic (exact) mass is 580 g/mol. The zero-order valence-corrected chi connectivity index (χ0v) is 24.7. The summed E-state index contributed by atoms with van der Waals surface area (Å²) < 4.78 is 0. The zero-order valence-electron chi connectivity index (χ0n) is 24.7. The molecule has 3 aromatic carbocycles. The molecule has 1 aliphatic heterocycles. The summed E-state index contributed by atoms with van der Waals surface area (Å²) in [5.74, 6) is -2.31. The summed E-state index contributed by atoms with van der Waals surface area (Å²) in [5, 5.41) is 35.5. The van der Waals surface area contributed by atoms with E-state index in [0.717, 1.165) is 40.9 Å². The number of rotatable bonds is 11. The van der Waals surface area contributed by atoms with E-state index < -0.39 is 23.9 Å². The standard InChI is InChI=1S/C36H40N2O5/c1-3-9-24(21-25-10-7-8-13-31(25)40)14-19-32(41)33-23(2)20-29-34(30(33)22-39)36(43)38(35(29)42)28-17-15-27(16-18-28)37-26-11-5-4-6-12-26/h4-8,10-13,15-18,21,29-30,32,34,37,39-41H,3,9,14,19-20,22H2,1-2H3/b24-21+/t29-,30+,32-,34-/m1/s1. The lowest BCUT2D eigenvalue weighted by molar-refractivity contribution is -0.123. The Labute approximate surface area is 253 Å². The number of aromatic hydroxyl groups is 1. The highest BCUT2D eigenvalue weighted by Crippen LogP contribution is 2.47. The Kier molecular flexibility index (Phi) is 9.43. The van der Waals surface area contributed by atoms with E-state index in [1.54, 1.807) is 24.3 Å². The van der Waals surface area contributed by atoms with E-state index in [0.29, 0.717) is 30.5 Å². The van der Waals surface area contributed by atoms with E-state index in [1.807, 2.05) is 67.6 Å². The van der Waals surface area contributed by atoms with Gasteiger partial charge in [-0.15, -0.1) is 0 Å². The lowest BCUT2D eigenvalue weighted by Crippen LogP contribution is -2.38. The molecule has 224 valence electrons. The highest BCUT2D eigenvalue weighted by atomic mass is 16.3. The quantitative estimate of drug-likeness (QED) is 0.150. The number of carbonyl (C=O) groups is 2. The van der Waals surface area contributed by atoms with Gasteiger partial charge >= 0.3 is 0 Å². The number of anilines is 3. The number of aliphatic hydroxyl groups is 2. The molecule has 1 aliphatic carbocycles. The molecule has 7 nitrogen and oxygen atoms in total. The first-order valence-corrected chi connectivity index (χ1v) is 15.1. The molecule has 5 rings (SSSR count). The van der Waals surface area contributed by atoms with Crippen molar-refractivity contribution in [1.29, 1.82) is 0 Å². The van der Waals surface area contributed by atoms with E-state index in [9.17, 15) is 24.9 Å². The summed E-state index contributed by atoms with van der Waals surface area (Å²) in [6.45, 7) is 3.66. The topological polar surface area (TPSA) is 110 Å². The van der Waals surface area contributed by atoms with Crippen LogP contribution in [0.1, 0.15) is 51.5 Å². The van der Waals surface area contributed by atoms with Crippen molar-refractivity contribution in [2.24, 2.45) is 17.8 Å². The summed E-state index contributed by atoms with van der Waals surface area (Å²) in [6.07, 6.45) is 4.27. The molecule has 1 heterocycles. The summed E-state index contributed by atoms with van der Waals surface area (Å²) in [5.41, 5.74) is 5.65. The van der Waals surface area contributed by atoms with Crippen molar-refractivity contribution in [3.63, 3.8) is 0 Å². The molecule has 7 heteroatoms. The van der Waals surface area contributed by atoms with Gasteiger partial charge in [0.15, 0.2) is 0 Å². The molecule has 4 N–H and O–H groups in total. The first-order chi connectivity index (χ1) is 20.8. The fraction of sp³-hybridized carbons (Fsp3) is 0.333. The Morgan fingerprint density at radius 2 is 1.63 bits per heavy atom. The lowest BCUT2D eigenvalue weighted by Gasteiger charge is -2.35. The Bertz CT molecular complexity index is 1510. The predicted molar refractivity (Wildman–Crippen MR) is 170 cm³/mol. The summed E-state index contributed by atoms with van der Waals surface area (Å²) >= 11 is 0. The molecule has 3 aromatic rings. The van der Waals surface area contributed by atoms with Crippen molar-refractivity contribution in [2.45, 2.75) is 52.1 Å². The van der Waals surface area contributed by atoms with Gasteiger partial charge < -0.3 is 20.6 Å². The predicted octanol–water partition coefficient (Wildman–Crippen LogP) is 6.59. The van der Waals surface area contributed by atoms with Gasteiger partial charge in [0.2, 0.25) is 11.8 Å². The number of nitrogens with one attached hydrogen (secondary N) is 1. The van der Waals surface area contributed by atoms with Crippen LogP contribution in [-0.4, -0.2) is 39.8 Å². The Morgan fingerprint density at radius 1 is 0.953 bits per heavy atom. The second-order valence-corrected chi connectivity index (χ2v) is 11.6. The van der Waals surface area contributed by atoms with Gasteiger partial charge in [0.25, 0.3) is 0 Å². The van der Waals surface area contributed by atoms with E-state index in [1.165, 1.54) is 4.90 Å². The summed E-state index contributed by atoms with van der Waals surface area (Å²) in [6, 6.07) is 24.1. The van der Waals surface area contributed by atoms with Crippen LogP contribution in [0.25, 0.3) is 6.08 Å². The van der Waals surface area contributed by atoms with Gasteiger partial charge in [0, 0.05) is 22.9 Å². The van der Waals surface area contributed by atoms with Gasteiger partial charge in [0.1, 0.15) is 5.75 Å². The minimum Gasteiger partial charge on any atom is -0.507 e. The molecule has 4 atom stereocenters. The number of imide groups is 1. The molecule has 0 saturated carbocycles. The fourth-order valence-corrected chi connectivity index (χ4v) is 6.65. The average Bonchev–Trinajstić information content (AvgIpc) is 3.25. The van der Waals surface area contributed by atoms with Crippen molar-refractivity contribution < 1.29 is 24.9 Å². The molecular weight excluding hydrogens is 540 g/mol. The molecule has 1 fully saturated rings. The Morgan fingerprint density at radius 3 is 2.30 bits per heavy atom. The van der Waals surface area contributed by atoms with Gasteiger partial charge in [-0.2, -0.15) is 0 Å². The molecule has 2 aliphatic rings. The number of benzene rings is 3. The molecule has 0 spiro atoms. The number of amides is 2. The van der Waals surface area contributed by atoms with Crippen LogP contribution in [0.5, 0.6) is 5.75 Å². The Hall–Kier alpha value is -4.20. The number of hydrogen-bond acceptors (Lipinski definition) is 6. The summed E-state index contributed by atoms with van der Waals surface area (Å²) in [4.78, 5) is 28.6. The van der Waals surface area contributed by atoms with Crippen LogP contribution in [0, 0.1) is 17.8 Å². The maximum atomic E-state index is 13.8. The number of aliphatic hydroxyl groups excluding tert-OH is 2. The molecule has 0 unspecified atom stereocenters. The van der Waals surface area contributed by atoms with Crippen LogP contribution >= 0.6 is 0 Å². The normalized spacial score (nSPS) is 21.3. The molecule has 1 saturated heterocycles. The van der Waals surface area contributed by atoms with Gasteiger partial charge in [-0.3, -0.25) is 14.5 Å². The van der Waals surface area contributed by atoms with E-state index in [2.05, 4.69) is 12.2 Å². The third-order valence-corrected chi connectivity index (χ3v) is 8.68. The van der Waals surface area contributed by atoms with Gasteiger partial charge in [-0.1, -0.05) is 67.0 Å². The van der Waals surface area contributed by atoms with Crippen LogP contribution in [0.15, 0.2) is 95.6 Å². The van der Waals surface area contributed by atoms with Crippen LogP contribution in [-0.2, 0) is 9.59 Å². The van der Waals surface area contributed by atoms with E-state index in [-0.39, 0.29) is 24.2 Å². The molecule has 0 radical (unpaired) electrons. The second kappa shape index (κ2) is 13.4. The first-order valence-electron chi connectivity index (χ1n) is 15.1. The SMILES string of the molecule is CCC/C(=C\c1ccccc1O)CC[C@@H](O)C1=C(C)C[C@H]2C(=O)N(c3ccc(Nc4ccccc4)cc3)C(=O)[C@H]2[C@H]1CO.